The molecular weight excluding hydrogens is 258 g/mol. The summed E-state index contributed by atoms with van der Waals surface area (Å²) in [5, 5.41) is 14.4. The van der Waals surface area contributed by atoms with E-state index in [9.17, 15) is 10.1 Å². The molecule has 6 heteroatoms. The van der Waals surface area contributed by atoms with Crippen LogP contribution in [0, 0.1) is 16.0 Å². The van der Waals surface area contributed by atoms with Crippen molar-refractivity contribution in [2.45, 2.75) is 32.2 Å². The van der Waals surface area contributed by atoms with Crippen LogP contribution < -0.4 is 15.8 Å². The molecule has 1 saturated carbocycles. The summed E-state index contributed by atoms with van der Waals surface area (Å²) in [6.07, 6.45) is 2.35. The molecule has 1 aromatic rings. The molecule has 0 aliphatic heterocycles. The molecule has 1 aromatic carbocycles. The SMILES string of the molecule is CCOc1cc(NC(C)(CN)C2CC2)ccc1[N+](=O)[O-]. The Bertz CT molecular complexity index is 502. The lowest BCUT2D eigenvalue weighted by Crippen LogP contribution is -2.44. The highest BCUT2D eigenvalue weighted by atomic mass is 16.6. The first-order valence-corrected chi connectivity index (χ1v) is 6.89. The van der Waals surface area contributed by atoms with Gasteiger partial charge in [0, 0.05) is 29.9 Å². The largest absolute Gasteiger partial charge is 0.487 e. The summed E-state index contributed by atoms with van der Waals surface area (Å²) in [7, 11) is 0. The number of nitrogens with one attached hydrogen (secondary N) is 1. The van der Waals surface area contributed by atoms with Gasteiger partial charge in [-0.15, -0.1) is 0 Å². The van der Waals surface area contributed by atoms with E-state index in [0.717, 1.165) is 5.69 Å². The smallest absolute Gasteiger partial charge is 0.311 e. The molecule has 1 fully saturated rings. The lowest BCUT2D eigenvalue weighted by Gasteiger charge is -2.30. The van der Waals surface area contributed by atoms with Crippen molar-refractivity contribution >= 4 is 11.4 Å². The normalized spacial score (nSPS) is 17.4. The maximum Gasteiger partial charge on any atom is 0.311 e. The second-order valence-electron chi connectivity index (χ2n) is 5.39. The van der Waals surface area contributed by atoms with Crippen LogP contribution in [0.4, 0.5) is 11.4 Å². The van der Waals surface area contributed by atoms with Crippen LogP contribution in [0.5, 0.6) is 5.75 Å². The molecule has 0 heterocycles. The Hall–Kier alpha value is -1.82. The Labute approximate surface area is 118 Å². The zero-order valence-corrected chi connectivity index (χ0v) is 11.9. The van der Waals surface area contributed by atoms with Crippen molar-refractivity contribution in [2.24, 2.45) is 11.7 Å². The first-order valence-electron chi connectivity index (χ1n) is 6.89. The molecule has 0 aromatic heterocycles. The van der Waals surface area contributed by atoms with Crippen LogP contribution in [0.15, 0.2) is 18.2 Å². The Kier molecular flexibility index (Phi) is 4.13. The molecule has 1 unspecified atom stereocenters. The number of ether oxygens (including phenoxy) is 1. The van der Waals surface area contributed by atoms with Crippen molar-refractivity contribution in [1.82, 2.24) is 0 Å². The van der Waals surface area contributed by atoms with Crippen LogP contribution in [-0.2, 0) is 0 Å². The Morgan fingerprint density at radius 1 is 1.55 bits per heavy atom. The van der Waals surface area contributed by atoms with Crippen molar-refractivity contribution in [3.05, 3.63) is 28.3 Å². The second-order valence-corrected chi connectivity index (χ2v) is 5.39. The molecule has 3 N–H and O–H groups in total. The molecule has 6 nitrogen and oxygen atoms in total. The molecule has 2 rings (SSSR count). The first-order chi connectivity index (χ1) is 9.50. The number of anilines is 1. The highest BCUT2D eigenvalue weighted by Crippen LogP contribution is 2.41. The zero-order valence-electron chi connectivity index (χ0n) is 11.9. The van der Waals surface area contributed by atoms with Crippen LogP contribution in [0.2, 0.25) is 0 Å². The number of nitrogens with zero attached hydrogens (tertiary/aromatic N) is 1. The number of nitro benzene ring substituents is 1. The third-order valence-electron chi connectivity index (χ3n) is 3.79. The fraction of sp³-hybridized carbons (Fsp3) is 0.571. The summed E-state index contributed by atoms with van der Waals surface area (Å²) < 4.78 is 5.35. The maximum absolute atomic E-state index is 11.0. The van der Waals surface area contributed by atoms with E-state index in [-0.39, 0.29) is 17.0 Å². The van der Waals surface area contributed by atoms with Gasteiger partial charge in [0.15, 0.2) is 5.75 Å². The number of benzene rings is 1. The van der Waals surface area contributed by atoms with Gasteiger partial charge in [-0.1, -0.05) is 0 Å². The molecule has 1 atom stereocenters. The number of nitro groups is 1. The van der Waals surface area contributed by atoms with Crippen molar-refractivity contribution in [1.29, 1.82) is 0 Å². The van der Waals surface area contributed by atoms with Crippen molar-refractivity contribution in [3.8, 4) is 5.75 Å². The number of hydrogen-bond acceptors (Lipinski definition) is 5. The molecular formula is C14H21N3O3. The molecule has 110 valence electrons. The molecule has 20 heavy (non-hydrogen) atoms. The van der Waals surface area contributed by atoms with Gasteiger partial charge in [0.05, 0.1) is 11.5 Å². The second kappa shape index (κ2) is 5.66. The average Bonchev–Trinajstić information content (AvgIpc) is 3.23. The number of rotatable bonds is 7. The Morgan fingerprint density at radius 2 is 2.25 bits per heavy atom. The van der Waals surface area contributed by atoms with E-state index in [1.807, 2.05) is 0 Å². The van der Waals surface area contributed by atoms with Gasteiger partial charge in [-0.2, -0.15) is 0 Å². The van der Waals surface area contributed by atoms with Gasteiger partial charge in [-0.25, -0.2) is 0 Å². The van der Waals surface area contributed by atoms with E-state index in [1.54, 1.807) is 19.1 Å². The topological polar surface area (TPSA) is 90.4 Å². The minimum atomic E-state index is -0.433. The van der Waals surface area contributed by atoms with Gasteiger partial charge >= 0.3 is 5.69 Å². The van der Waals surface area contributed by atoms with Gasteiger partial charge in [-0.05, 0) is 38.7 Å². The highest BCUT2D eigenvalue weighted by molar-refractivity contribution is 5.59. The van der Waals surface area contributed by atoms with Gasteiger partial charge in [0.2, 0.25) is 0 Å². The molecule has 1 aliphatic rings. The quantitative estimate of drug-likeness (QED) is 0.591. The fourth-order valence-corrected chi connectivity index (χ4v) is 2.38. The standard InChI is InChI=1S/C14H21N3O3/c1-3-20-13-8-11(6-7-12(13)17(18)19)16-14(2,9-15)10-4-5-10/h6-8,10,16H,3-5,9,15H2,1-2H3. The van der Waals surface area contributed by atoms with E-state index in [2.05, 4.69) is 12.2 Å². The summed E-state index contributed by atoms with van der Waals surface area (Å²) in [5.41, 5.74) is 6.49. The number of hydrogen-bond donors (Lipinski definition) is 2. The summed E-state index contributed by atoms with van der Waals surface area (Å²) >= 11 is 0. The molecule has 0 bridgehead atoms. The Morgan fingerprint density at radius 3 is 2.75 bits per heavy atom. The monoisotopic (exact) mass is 279 g/mol. The molecule has 0 spiro atoms. The van der Waals surface area contributed by atoms with E-state index in [0.29, 0.717) is 19.1 Å². The van der Waals surface area contributed by atoms with Crippen LogP contribution >= 0.6 is 0 Å². The predicted molar refractivity (Wildman–Crippen MR) is 78.1 cm³/mol. The van der Waals surface area contributed by atoms with Crippen LogP contribution in [-0.4, -0.2) is 23.6 Å². The number of nitrogens with two attached hydrogens (primary N) is 1. The van der Waals surface area contributed by atoms with E-state index in [4.69, 9.17) is 10.5 Å². The summed E-state index contributed by atoms with van der Waals surface area (Å²) in [6, 6.07) is 4.85. The molecule has 0 radical (unpaired) electrons. The minimum Gasteiger partial charge on any atom is -0.487 e. The van der Waals surface area contributed by atoms with Gasteiger partial charge < -0.3 is 15.8 Å². The molecule has 0 amide bonds. The van der Waals surface area contributed by atoms with E-state index < -0.39 is 4.92 Å². The van der Waals surface area contributed by atoms with Gasteiger partial charge in [-0.3, -0.25) is 10.1 Å². The lowest BCUT2D eigenvalue weighted by molar-refractivity contribution is -0.385. The van der Waals surface area contributed by atoms with Gasteiger partial charge in [0.25, 0.3) is 0 Å². The van der Waals surface area contributed by atoms with Gasteiger partial charge in [0.1, 0.15) is 0 Å². The predicted octanol–water partition coefficient (Wildman–Crippen LogP) is 2.53. The van der Waals surface area contributed by atoms with Crippen LogP contribution in [0.3, 0.4) is 0 Å². The Balaban J connectivity index is 2.24. The molecule has 0 saturated heterocycles. The zero-order chi connectivity index (χ0) is 14.8. The molecule has 1 aliphatic carbocycles. The third-order valence-corrected chi connectivity index (χ3v) is 3.79. The minimum absolute atomic E-state index is 0.0155. The average molecular weight is 279 g/mol. The van der Waals surface area contributed by atoms with E-state index in [1.165, 1.54) is 18.9 Å². The highest BCUT2D eigenvalue weighted by Gasteiger charge is 2.40. The summed E-state index contributed by atoms with van der Waals surface area (Å²) in [5.74, 6) is 0.857. The fourth-order valence-electron chi connectivity index (χ4n) is 2.38. The van der Waals surface area contributed by atoms with Crippen LogP contribution in [0.1, 0.15) is 26.7 Å². The maximum atomic E-state index is 11.0. The van der Waals surface area contributed by atoms with Crippen LogP contribution in [0.25, 0.3) is 0 Å². The first kappa shape index (κ1) is 14.6. The van der Waals surface area contributed by atoms with Crippen molar-refractivity contribution in [2.75, 3.05) is 18.5 Å². The van der Waals surface area contributed by atoms with E-state index >= 15 is 0 Å². The lowest BCUT2D eigenvalue weighted by atomic mass is 9.95. The van der Waals surface area contributed by atoms with Crippen molar-refractivity contribution in [3.63, 3.8) is 0 Å². The summed E-state index contributed by atoms with van der Waals surface area (Å²) in [4.78, 5) is 10.5. The third kappa shape index (κ3) is 3.01. The summed E-state index contributed by atoms with van der Waals surface area (Å²) in [6.45, 7) is 4.81. The van der Waals surface area contributed by atoms with Crippen molar-refractivity contribution < 1.29 is 9.66 Å².